The lowest BCUT2D eigenvalue weighted by Gasteiger charge is -2.14. The SMILES string of the molecule is CC(C)Nc1cc(C(C)C)c2[nH]c(=O)[nH]c2c1. The number of benzene rings is 1. The lowest BCUT2D eigenvalue weighted by molar-refractivity contribution is 0.867. The first-order valence-electron chi connectivity index (χ1n) is 6.00. The minimum absolute atomic E-state index is 0.149. The van der Waals surface area contributed by atoms with E-state index in [2.05, 4.69) is 49.0 Å². The van der Waals surface area contributed by atoms with Crippen molar-refractivity contribution in [3.8, 4) is 0 Å². The zero-order valence-electron chi connectivity index (χ0n) is 10.7. The van der Waals surface area contributed by atoms with Crippen LogP contribution in [0.2, 0.25) is 0 Å². The fraction of sp³-hybridized carbons (Fsp3) is 0.462. The highest BCUT2D eigenvalue weighted by molar-refractivity contribution is 5.83. The van der Waals surface area contributed by atoms with E-state index in [0.29, 0.717) is 12.0 Å². The number of H-pyrrole nitrogens is 2. The van der Waals surface area contributed by atoms with E-state index < -0.39 is 0 Å². The Morgan fingerprint density at radius 2 is 1.82 bits per heavy atom. The van der Waals surface area contributed by atoms with Gasteiger partial charge in [-0.1, -0.05) is 13.8 Å². The molecule has 0 aliphatic carbocycles. The Labute approximate surface area is 100 Å². The standard InChI is InChI=1S/C13H19N3O/c1-7(2)10-5-9(14-8(3)4)6-11-12(10)16-13(17)15-11/h5-8,14H,1-4H3,(H2,15,16,17). The van der Waals surface area contributed by atoms with Gasteiger partial charge < -0.3 is 15.3 Å². The summed E-state index contributed by atoms with van der Waals surface area (Å²) in [5.41, 5.74) is 3.84. The number of aromatic amines is 2. The summed E-state index contributed by atoms with van der Waals surface area (Å²) in [5, 5.41) is 3.37. The van der Waals surface area contributed by atoms with Crippen LogP contribution in [0.25, 0.3) is 11.0 Å². The van der Waals surface area contributed by atoms with Gasteiger partial charge in [-0.15, -0.1) is 0 Å². The van der Waals surface area contributed by atoms with Gasteiger partial charge in [0.2, 0.25) is 0 Å². The fourth-order valence-corrected chi connectivity index (χ4v) is 2.04. The Bertz CT molecular complexity index is 578. The van der Waals surface area contributed by atoms with E-state index in [-0.39, 0.29) is 5.69 Å². The summed E-state index contributed by atoms with van der Waals surface area (Å²) in [7, 11) is 0. The average Bonchev–Trinajstić information content (AvgIpc) is 2.55. The van der Waals surface area contributed by atoms with Crippen molar-refractivity contribution >= 4 is 16.7 Å². The Hall–Kier alpha value is -1.71. The second-order valence-corrected chi connectivity index (χ2v) is 5.02. The lowest BCUT2D eigenvalue weighted by atomic mass is 10.0. The Morgan fingerprint density at radius 3 is 2.41 bits per heavy atom. The van der Waals surface area contributed by atoms with Crippen molar-refractivity contribution in [1.82, 2.24) is 9.97 Å². The van der Waals surface area contributed by atoms with E-state index in [1.165, 1.54) is 0 Å². The molecule has 0 spiro atoms. The molecule has 0 fully saturated rings. The number of imidazole rings is 1. The Balaban J connectivity index is 2.62. The van der Waals surface area contributed by atoms with Crippen LogP contribution in [0, 0.1) is 0 Å². The van der Waals surface area contributed by atoms with Crippen molar-refractivity contribution in [2.75, 3.05) is 5.32 Å². The van der Waals surface area contributed by atoms with E-state index in [4.69, 9.17) is 0 Å². The maximum absolute atomic E-state index is 11.4. The van der Waals surface area contributed by atoms with E-state index in [0.717, 1.165) is 22.3 Å². The first kappa shape index (κ1) is 11.8. The highest BCUT2D eigenvalue weighted by atomic mass is 16.1. The van der Waals surface area contributed by atoms with Crippen molar-refractivity contribution in [2.45, 2.75) is 39.7 Å². The molecule has 1 heterocycles. The monoisotopic (exact) mass is 233 g/mol. The molecule has 0 aliphatic heterocycles. The van der Waals surface area contributed by atoms with E-state index in [1.54, 1.807) is 0 Å². The summed E-state index contributed by atoms with van der Waals surface area (Å²) in [6.07, 6.45) is 0. The second kappa shape index (κ2) is 4.28. The molecule has 1 aromatic heterocycles. The minimum atomic E-state index is -0.149. The van der Waals surface area contributed by atoms with Gasteiger partial charge in [-0.05, 0) is 37.5 Å². The molecule has 0 unspecified atom stereocenters. The molecular formula is C13H19N3O. The zero-order valence-corrected chi connectivity index (χ0v) is 10.7. The summed E-state index contributed by atoms with van der Waals surface area (Å²) in [6, 6.07) is 4.45. The first-order chi connectivity index (χ1) is 7.97. The van der Waals surface area contributed by atoms with Gasteiger partial charge in [-0.3, -0.25) is 0 Å². The van der Waals surface area contributed by atoms with Crippen molar-refractivity contribution in [2.24, 2.45) is 0 Å². The number of nitrogens with one attached hydrogen (secondary N) is 3. The van der Waals surface area contributed by atoms with Crippen LogP contribution >= 0.6 is 0 Å². The molecule has 0 atom stereocenters. The van der Waals surface area contributed by atoms with Gasteiger partial charge in [-0.25, -0.2) is 4.79 Å². The first-order valence-corrected chi connectivity index (χ1v) is 6.00. The molecule has 4 nitrogen and oxygen atoms in total. The predicted molar refractivity (Wildman–Crippen MR) is 71.8 cm³/mol. The molecule has 0 bridgehead atoms. The summed E-state index contributed by atoms with van der Waals surface area (Å²) in [5.74, 6) is 0.373. The third-order valence-corrected chi connectivity index (χ3v) is 2.73. The molecule has 1 aromatic carbocycles. The van der Waals surface area contributed by atoms with Crippen LogP contribution in [0.1, 0.15) is 39.2 Å². The molecule has 17 heavy (non-hydrogen) atoms. The highest BCUT2D eigenvalue weighted by Gasteiger charge is 2.10. The van der Waals surface area contributed by atoms with Crippen molar-refractivity contribution in [3.05, 3.63) is 28.2 Å². The summed E-state index contributed by atoms with van der Waals surface area (Å²) in [4.78, 5) is 17.0. The van der Waals surface area contributed by atoms with Crippen LogP contribution in [0.3, 0.4) is 0 Å². The number of rotatable bonds is 3. The van der Waals surface area contributed by atoms with Gasteiger partial charge in [0.15, 0.2) is 0 Å². The van der Waals surface area contributed by atoms with Gasteiger partial charge in [0.25, 0.3) is 0 Å². The molecule has 2 rings (SSSR count). The van der Waals surface area contributed by atoms with E-state index in [1.807, 2.05) is 6.07 Å². The third-order valence-electron chi connectivity index (χ3n) is 2.73. The highest BCUT2D eigenvalue weighted by Crippen LogP contribution is 2.26. The summed E-state index contributed by atoms with van der Waals surface area (Å²) in [6.45, 7) is 8.44. The maximum Gasteiger partial charge on any atom is 0.323 e. The predicted octanol–water partition coefficient (Wildman–Crippen LogP) is 2.80. The number of aromatic nitrogens is 2. The van der Waals surface area contributed by atoms with Gasteiger partial charge in [0, 0.05) is 11.7 Å². The zero-order chi connectivity index (χ0) is 12.6. The van der Waals surface area contributed by atoms with Gasteiger partial charge >= 0.3 is 5.69 Å². The smallest absolute Gasteiger partial charge is 0.323 e. The molecule has 3 N–H and O–H groups in total. The minimum Gasteiger partial charge on any atom is -0.383 e. The second-order valence-electron chi connectivity index (χ2n) is 5.02. The van der Waals surface area contributed by atoms with Crippen LogP contribution in [0.5, 0.6) is 0 Å². The fourth-order valence-electron chi connectivity index (χ4n) is 2.04. The quantitative estimate of drug-likeness (QED) is 0.763. The molecule has 92 valence electrons. The van der Waals surface area contributed by atoms with Crippen LogP contribution in [0.4, 0.5) is 5.69 Å². The van der Waals surface area contributed by atoms with Gasteiger partial charge in [-0.2, -0.15) is 0 Å². The molecule has 0 amide bonds. The number of hydrogen-bond acceptors (Lipinski definition) is 2. The molecule has 0 saturated heterocycles. The van der Waals surface area contributed by atoms with Crippen molar-refractivity contribution in [1.29, 1.82) is 0 Å². The van der Waals surface area contributed by atoms with Crippen molar-refractivity contribution < 1.29 is 0 Å². The summed E-state index contributed by atoms with van der Waals surface area (Å²) >= 11 is 0. The average molecular weight is 233 g/mol. The molecule has 0 aliphatic rings. The van der Waals surface area contributed by atoms with Crippen molar-refractivity contribution in [3.63, 3.8) is 0 Å². The number of anilines is 1. The third kappa shape index (κ3) is 2.35. The van der Waals surface area contributed by atoms with E-state index in [9.17, 15) is 4.79 Å². The number of hydrogen-bond donors (Lipinski definition) is 3. The topological polar surface area (TPSA) is 60.7 Å². The maximum atomic E-state index is 11.4. The molecule has 2 aromatic rings. The van der Waals surface area contributed by atoms with Crippen LogP contribution in [-0.4, -0.2) is 16.0 Å². The van der Waals surface area contributed by atoms with Crippen LogP contribution < -0.4 is 11.0 Å². The Kier molecular flexibility index (Phi) is 2.96. The van der Waals surface area contributed by atoms with Crippen LogP contribution in [-0.2, 0) is 0 Å². The van der Waals surface area contributed by atoms with Gasteiger partial charge in [0.1, 0.15) is 0 Å². The number of fused-ring (bicyclic) bond motifs is 1. The molecule has 4 heteroatoms. The molecule has 0 saturated carbocycles. The van der Waals surface area contributed by atoms with E-state index >= 15 is 0 Å². The molecular weight excluding hydrogens is 214 g/mol. The molecule has 0 radical (unpaired) electrons. The van der Waals surface area contributed by atoms with Crippen LogP contribution in [0.15, 0.2) is 16.9 Å². The summed E-state index contributed by atoms with van der Waals surface area (Å²) < 4.78 is 0. The largest absolute Gasteiger partial charge is 0.383 e. The normalized spacial score (nSPS) is 11.6. The van der Waals surface area contributed by atoms with Gasteiger partial charge in [0.05, 0.1) is 11.0 Å². The Morgan fingerprint density at radius 1 is 1.12 bits per heavy atom. The lowest BCUT2D eigenvalue weighted by Crippen LogP contribution is -2.10.